The minimum absolute atomic E-state index is 0.0671. The number of methoxy groups -OCH3 is 1. The van der Waals surface area contributed by atoms with Crippen molar-refractivity contribution in [1.82, 2.24) is 0 Å². The number of anilines is 1. The van der Waals surface area contributed by atoms with Gasteiger partial charge in [-0.15, -0.1) is 0 Å². The number of aryl methyl sites for hydroxylation is 2. The number of halogens is 1. The van der Waals surface area contributed by atoms with Crippen molar-refractivity contribution in [2.24, 2.45) is 0 Å². The number of hydrogen-bond acceptors (Lipinski definition) is 4. The number of rotatable bonds is 4. The van der Waals surface area contributed by atoms with E-state index in [1.54, 1.807) is 6.07 Å². The number of carbonyl (C=O) groups is 1. The van der Waals surface area contributed by atoms with Crippen molar-refractivity contribution in [3.05, 3.63) is 57.6 Å². The van der Waals surface area contributed by atoms with Crippen LogP contribution in [-0.2, 0) is 4.79 Å². The van der Waals surface area contributed by atoms with Crippen LogP contribution in [0, 0.1) is 25.2 Å². The van der Waals surface area contributed by atoms with Gasteiger partial charge in [0, 0.05) is 5.69 Å². The number of nitrogens with one attached hydrogen (secondary N) is 1. The van der Waals surface area contributed by atoms with E-state index in [-0.39, 0.29) is 22.1 Å². The number of nitrogens with zero attached hydrogens (tertiary/aromatic N) is 1. The average Bonchev–Trinajstić information content (AvgIpc) is 2.58. The van der Waals surface area contributed by atoms with Crippen LogP contribution in [0.15, 0.2) is 35.9 Å². The van der Waals surface area contributed by atoms with Crippen molar-refractivity contribution in [2.45, 2.75) is 13.8 Å². The summed E-state index contributed by atoms with van der Waals surface area (Å²) >= 11 is 5.92. The first-order chi connectivity index (χ1) is 11.8. The summed E-state index contributed by atoms with van der Waals surface area (Å²) < 4.78 is 5.02. The Hall–Kier alpha value is -2.97. The number of phenols is 1. The third-order valence-electron chi connectivity index (χ3n) is 3.71. The Balaban J connectivity index is 2.31. The lowest BCUT2D eigenvalue weighted by Gasteiger charge is -2.08. The lowest BCUT2D eigenvalue weighted by Crippen LogP contribution is -2.13. The van der Waals surface area contributed by atoms with E-state index in [2.05, 4.69) is 5.32 Å². The molecule has 2 aromatic rings. The fourth-order valence-corrected chi connectivity index (χ4v) is 2.38. The van der Waals surface area contributed by atoms with E-state index in [0.717, 1.165) is 11.1 Å². The molecule has 0 bridgehead atoms. The van der Waals surface area contributed by atoms with E-state index in [4.69, 9.17) is 16.3 Å². The Labute approximate surface area is 151 Å². The first-order valence-corrected chi connectivity index (χ1v) is 7.80. The Morgan fingerprint density at radius 2 is 2.00 bits per heavy atom. The first kappa shape index (κ1) is 18.4. The molecule has 6 heteroatoms. The fourth-order valence-electron chi connectivity index (χ4n) is 2.17. The molecule has 2 rings (SSSR count). The number of hydrogen-bond donors (Lipinski definition) is 2. The lowest BCUT2D eigenvalue weighted by atomic mass is 10.1. The van der Waals surface area contributed by atoms with Gasteiger partial charge in [0.1, 0.15) is 11.6 Å². The topological polar surface area (TPSA) is 82.3 Å². The van der Waals surface area contributed by atoms with Crippen LogP contribution in [0.1, 0.15) is 16.7 Å². The molecule has 0 aliphatic rings. The Morgan fingerprint density at radius 1 is 1.28 bits per heavy atom. The van der Waals surface area contributed by atoms with Crippen molar-refractivity contribution < 1.29 is 14.6 Å². The summed E-state index contributed by atoms with van der Waals surface area (Å²) in [5.74, 6) is -0.570. The molecule has 0 fully saturated rings. The Kier molecular flexibility index (Phi) is 5.68. The highest BCUT2D eigenvalue weighted by atomic mass is 35.5. The van der Waals surface area contributed by atoms with Crippen LogP contribution in [0.5, 0.6) is 11.5 Å². The number of ether oxygens (including phenoxy) is 1. The zero-order chi connectivity index (χ0) is 18.6. The smallest absolute Gasteiger partial charge is 0.266 e. The second-order valence-electron chi connectivity index (χ2n) is 5.48. The molecule has 2 N–H and O–H groups in total. The first-order valence-electron chi connectivity index (χ1n) is 7.42. The third kappa shape index (κ3) is 4.31. The molecule has 0 saturated heterocycles. The second-order valence-corrected chi connectivity index (χ2v) is 5.88. The van der Waals surface area contributed by atoms with Gasteiger partial charge in [-0.2, -0.15) is 5.26 Å². The van der Waals surface area contributed by atoms with E-state index in [1.165, 1.54) is 25.3 Å². The van der Waals surface area contributed by atoms with Gasteiger partial charge in [0.2, 0.25) is 0 Å². The summed E-state index contributed by atoms with van der Waals surface area (Å²) in [6.45, 7) is 3.92. The Bertz CT molecular complexity index is 898. The molecule has 0 unspecified atom stereocenters. The van der Waals surface area contributed by atoms with E-state index < -0.39 is 5.91 Å². The molecule has 0 atom stereocenters. The molecule has 2 aromatic carbocycles. The number of carbonyl (C=O) groups excluding carboxylic acids is 1. The predicted molar refractivity (Wildman–Crippen MR) is 97.8 cm³/mol. The monoisotopic (exact) mass is 356 g/mol. The average molecular weight is 357 g/mol. The molecule has 0 heterocycles. The normalized spacial score (nSPS) is 10.9. The van der Waals surface area contributed by atoms with Crippen LogP contribution in [0.3, 0.4) is 0 Å². The number of phenolic OH excluding ortho intramolecular Hbond substituents is 1. The highest BCUT2D eigenvalue weighted by Gasteiger charge is 2.13. The van der Waals surface area contributed by atoms with E-state index in [1.807, 2.05) is 32.0 Å². The van der Waals surface area contributed by atoms with Crippen molar-refractivity contribution in [3.8, 4) is 17.6 Å². The summed E-state index contributed by atoms with van der Waals surface area (Å²) in [6, 6.07) is 10.3. The zero-order valence-corrected chi connectivity index (χ0v) is 14.8. The van der Waals surface area contributed by atoms with Gasteiger partial charge in [-0.1, -0.05) is 17.7 Å². The Morgan fingerprint density at radius 3 is 2.60 bits per heavy atom. The fraction of sp³-hybridized carbons (Fsp3) is 0.158. The largest absolute Gasteiger partial charge is 0.503 e. The maximum absolute atomic E-state index is 12.3. The lowest BCUT2D eigenvalue weighted by molar-refractivity contribution is -0.112. The molecule has 0 aromatic heterocycles. The molecule has 0 aliphatic carbocycles. The summed E-state index contributed by atoms with van der Waals surface area (Å²) in [5, 5.41) is 21.8. The quantitative estimate of drug-likeness (QED) is 0.634. The van der Waals surface area contributed by atoms with Gasteiger partial charge in [0.05, 0.1) is 12.1 Å². The van der Waals surface area contributed by atoms with Crippen LogP contribution in [0.2, 0.25) is 5.02 Å². The summed E-state index contributed by atoms with van der Waals surface area (Å²) in [7, 11) is 1.39. The summed E-state index contributed by atoms with van der Waals surface area (Å²) in [6.07, 6.45) is 1.38. The number of amides is 1. The molecular formula is C19H17ClN2O3. The van der Waals surface area contributed by atoms with Gasteiger partial charge >= 0.3 is 0 Å². The molecule has 0 spiro atoms. The van der Waals surface area contributed by atoms with Crippen molar-refractivity contribution >= 4 is 29.3 Å². The summed E-state index contributed by atoms with van der Waals surface area (Å²) in [4.78, 5) is 12.3. The molecule has 0 aliphatic heterocycles. The van der Waals surface area contributed by atoms with E-state index >= 15 is 0 Å². The molecule has 0 saturated carbocycles. The van der Waals surface area contributed by atoms with Crippen molar-refractivity contribution in [3.63, 3.8) is 0 Å². The molecule has 1 amide bonds. The zero-order valence-electron chi connectivity index (χ0n) is 14.1. The highest BCUT2D eigenvalue weighted by molar-refractivity contribution is 6.32. The van der Waals surface area contributed by atoms with E-state index in [0.29, 0.717) is 11.3 Å². The van der Waals surface area contributed by atoms with Crippen molar-refractivity contribution in [1.29, 1.82) is 5.26 Å². The molecule has 128 valence electrons. The van der Waals surface area contributed by atoms with Crippen LogP contribution in [-0.4, -0.2) is 18.1 Å². The van der Waals surface area contributed by atoms with Crippen LogP contribution in [0.25, 0.3) is 6.08 Å². The minimum Gasteiger partial charge on any atom is -0.503 e. The van der Waals surface area contributed by atoms with Gasteiger partial charge in [0.25, 0.3) is 5.91 Å². The number of nitriles is 1. The third-order valence-corrected chi connectivity index (χ3v) is 4.00. The highest BCUT2D eigenvalue weighted by Crippen LogP contribution is 2.35. The van der Waals surface area contributed by atoms with Gasteiger partial charge in [0.15, 0.2) is 11.5 Å². The maximum Gasteiger partial charge on any atom is 0.266 e. The van der Waals surface area contributed by atoms with Crippen LogP contribution in [0.4, 0.5) is 5.69 Å². The maximum atomic E-state index is 12.3. The molecule has 25 heavy (non-hydrogen) atoms. The molecule has 0 radical (unpaired) electrons. The van der Waals surface area contributed by atoms with Gasteiger partial charge in [-0.25, -0.2) is 0 Å². The number of aromatic hydroxyl groups is 1. The van der Waals surface area contributed by atoms with Crippen LogP contribution < -0.4 is 10.1 Å². The van der Waals surface area contributed by atoms with E-state index in [9.17, 15) is 15.2 Å². The van der Waals surface area contributed by atoms with Crippen molar-refractivity contribution in [2.75, 3.05) is 12.4 Å². The van der Waals surface area contributed by atoms with Crippen LogP contribution >= 0.6 is 11.6 Å². The van der Waals surface area contributed by atoms with Gasteiger partial charge < -0.3 is 15.2 Å². The van der Waals surface area contributed by atoms with Gasteiger partial charge in [-0.3, -0.25) is 4.79 Å². The number of benzene rings is 2. The standard InChI is InChI=1S/C19H17ClN2O3/c1-11-4-5-15(6-12(11)2)22-19(24)14(10-21)7-13-8-16(20)18(23)17(9-13)25-3/h4-9,23H,1-3H3,(H,22,24)/b14-7+. The molecule has 5 nitrogen and oxygen atoms in total. The second kappa shape index (κ2) is 7.73. The molecular weight excluding hydrogens is 340 g/mol. The van der Waals surface area contributed by atoms with Gasteiger partial charge in [-0.05, 0) is 60.9 Å². The SMILES string of the molecule is COc1cc(/C=C(\C#N)C(=O)Nc2ccc(C)c(C)c2)cc(Cl)c1O. The predicted octanol–water partition coefficient (Wildman–Crippen LogP) is 4.22. The summed E-state index contributed by atoms with van der Waals surface area (Å²) in [5.41, 5.74) is 3.12. The minimum atomic E-state index is -0.533.